The van der Waals surface area contributed by atoms with Gasteiger partial charge in [-0.15, -0.1) is 0 Å². The molecule has 0 bridgehead atoms. The topological polar surface area (TPSA) is 17.1 Å². The fourth-order valence-corrected chi connectivity index (χ4v) is 1.41. The Balaban J connectivity index is 3.17. The first kappa shape index (κ1) is 9.97. The molecule has 0 aromatic heterocycles. The van der Waals surface area contributed by atoms with Gasteiger partial charge in [0, 0.05) is 11.1 Å². The molecule has 0 spiro atoms. The van der Waals surface area contributed by atoms with Gasteiger partial charge in [-0.2, -0.15) is 0 Å². The maximum absolute atomic E-state index is 11.7. The predicted octanol–water partition coefficient (Wildman–Crippen LogP) is 3.04. The highest BCUT2D eigenvalue weighted by molar-refractivity contribution is 6.12. The molecule has 1 rings (SSSR count). The summed E-state index contributed by atoms with van der Waals surface area (Å²) in [5.74, 6) is 0.0816. The number of ketones is 1. The quantitative estimate of drug-likeness (QED) is 0.518. The van der Waals surface area contributed by atoms with Gasteiger partial charge in [-0.05, 0) is 24.0 Å². The average molecular weight is 176 g/mol. The highest BCUT2D eigenvalue weighted by atomic mass is 16.1. The Hall–Kier alpha value is -1.11. The van der Waals surface area contributed by atoms with Crippen LogP contribution in [0.5, 0.6) is 0 Å². The molecule has 0 unspecified atom stereocenters. The van der Waals surface area contributed by atoms with Crippen molar-refractivity contribution in [1.29, 1.82) is 0 Å². The molecule has 70 valence electrons. The van der Waals surface area contributed by atoms with Gasteiger partial charge in [0.15, 0.2) is 5.78 Å². The molecule has 1 aliphatic carbocycles. The maximum atomic E-state index is 11.7. The fraction of sp³-hybridized carbons (Fsp3) is 0.417. The minimum absolute atomic E-state index is 0.0816. The van der Waals surface area contributed by atoms with Crippen molar-refractivity contribution in [2.75, 3.05) is 0 Å². The number of allylic oxidation sites excluding steroid dienone is 5. The molecule has 0 amide bonds. The second kappa shape index (κ2) is 2.99. The molecule has 0 fully saturated rings. The summed E-state index contributed by atoms with van der Waals surface area (Å²) in [6.07, 6.45) is 3.79. The van der Waals surface area contributed by atoms with Crippen molar-refractivity contribution in [3.8, 4) is 0 Å². The van der Waals surface area contributed by atoms with E-state index in [0.717, 1.165) is 11.1 Å². The van der Waals surface area contributed by atoms with Crippen LogP contribution in [0.15, 0.2) is 35.5 Å². The van der Waals surface area contributed by atoms with Crippen molar-refractivity contribution in [3.63, 3.8) is 0 Å². The summed E-state index contributed by atoms with van der Waals surface area (Å²) in [7, 11) is 0. The lowest BCUT2D eigenvalue weighted by Crippen LogP contribution is -2.21. The van der Waals surface area contributed by atoms with Crippen molar-refractivity contribution in [3.05, 3.63) is 35.5 Å². The molecular weight excluding hydrogens is 160 g/mol. The predicted molar refractivity (Wildman–Crippen MR) is 55.4 cm³/mol. The van der Waals surface area contributed by atoms with E-state index < -0.39 is 0 Å². The van der Waals surface area contributed by atoms with E-state index in [-0.39, 0.29) is 11.2 Å². The van der Waals surface area contributed by atoms with E-state index in [1.54, 1.807) is 0 Å². The lowest BCUT2D eigenvalue weighted by Gasteiger charge is -2.24. The maximum Gasteiger partial charge on any atom is 0.188 e. The largest absolute Gasteiger partial charge is 0.289 e. The summed E-state index contributed by atoms with van der Waals surface area (Å²) in [6, 6.07) is 0. The summed E-state index contributed by atoms with van der Waals surface area (Å²) >= 11 is 0. The smallest absolute Gasteiger partial charge is 0.188 e. The minimum Gasteiger partial charge on any atom is -0.289 e. The third-order valence-corrected chi connectivity index (χ3v) is 2.12. The molecule has 13 heavy (non-hydrogen) atoms. The van der Waals surface area contributed by atoms with E-state index in [1.165, 1.54) is 0 Å². The number of hydrogen-bond acceptors (Lipinski definition) is 1. The molecule has 0 saturated carbocycles. The van der Waals surface area contributed by atoms with Crippen molar-refractivity contribution in [2.45, 2.75) is 27.7 Å². The van der Waals surface area contributed by atoms with Crippen molar-refractivity contribution < 1.29 is 4.79 Å². The third-order valence-electron chi connectivity index (χ3n) is 2.12. The van der Waals surface area contributed by atoms with Crippen LogP contribution in [0.3, 0.4) is 0 Å². The van der Waals surface area contributed by atoms with E-state index in [4.69, 9.17) is 0 Å². The second-order valence-electron chi connectivity index (χ2n) is 4.55. The Morgan fingerprint density at radius 2 is 1.77 bits per heavy atom. The summed E-state index contributed by atoms with van der Waals surface area (Å²) < 4.78 is 0. The lowest BCUT2D eigenvalue weighted by molar-refractivity contribution is -0.112. The fourth-order valence-electron chi connectivity index (χ4n) is 1.41. The molecule has 1 aliphatic rings. The first-order valence-electron chi connectivity index (χ1n) is 4.46. The first-order chi connectivity index (χ1) is 5.82. The molecular formula is C12H16O. The third kappa shape index (κ3) is 1.97. The van der Waals surface area contributed by atoms with Gasteiger partial charge in [0.25, 0.3) is 0 Å². The van der Waals surface area contributed by atoms with Crippen LogP contribution in [0.2, 0.25) is 0 Å². The Morgan fingerprint density at radius 3 is 2.23 bits per heavy atom. The molecule has 0 aliphatic heterocycles. The van der Waals surface area contributed by atoms with Gasteiger partial charge in [-0.3, -0.25) is 4.79 Å². The Labute approximate surface area is 79.8 Å². The normalized spacial score (nSPS) is 18.5. The Morgan fingerprint density at radius 1 is 1.23 bits per heavy atom. The molecule has 0 atom stereocenters. The molecule has 1 nitrogen and oxygen atoms in total. The van der Waals surface area contributed by atoms with Crippen molar-refractivity contribution in [2.24, 2.45) is 5.41 Å². The number of Topliss-reactive ketones (excluding diaryl/α,β-unsaturated/α-hetero) is 1. The minimum atomic E-state index is -0.0878. The Bertz CT molecular complexity index is 322. The molecule has 0 heterocycles. The van der Waals surface area contributed by atoms with E-state index in [9.17, 15) is 4.79 Å². The van der Waals surface area contributed by atoms with Gasteiger partial charge >= 0.3 is 0 Å². The summed E-state index contributed by atoms with van der Waals surface area (Å²) in [4.78, 5) is 11.7. The van der Waals surface area contributed by atoms with Crippen LogP contribution in [0, 0.1) is 5.41 Å². The summed E-state index contributed by atoms with van der Waals surface area (Å²) in [5, 5.41) is 0. The van der Waals surface area contributed by atoms with Crippen LogP contribution >= 0.6 is 0 Å². The zero-order valence-corrected chi connectivity index (χ0v) is 8.77. The van der Waals surface area contributed by atoms with Gasteiger partial charge in [-0.25, -0.2) is 0 Å². The molecule has 0 saturated heterocycles. The highest BCUT2D eigenvalue weighted by Crippen LogP contribution is 2.31. The monoisotopic (exact) mass is 176 g/mol. The van der Waals surface area contributed by atoms with E-state index in [2.05, 4.69) is 6.58 Å². The highest BCUT2D eigenvalue weighted by Gasteiger charge is 2.26. The molecule has 0 aromatic carbocycles. The standard InChI is InChI=1S/C12H16O/c1-8-6-9(2)11(13)10(7-8)12(3,4)5/h6-7H,2H2,1,3-5H3. The zero-order chi connectivity index (χ0) is 10.2. The number of carbonyl (C=O) groups excluding carboxylic acids is 1. The number of hydrogen-bond donors (Lipinski definition) is 0. The molecule has 0 aromatic rings. The van der Waals surface area contributed by atoms with E-state index in [1.807, 2.05) is 39.8 Å². The van der Waals surface area contributed by atoms with E-state index >= 15 is 0 Å². The number of carbonyl (C=O) groups is 1. The van der Waals surface area contributed by atoms with Gasteiger partial charge in [-0.1, -0.05) is 33.4 Å². The summed E-state index contributed by atoms with van der Waals surface area (Å²) in [5.41, 5.74) is 2.48. The van der Waals surface area contributed by atoms with Crippen LogP contribution < -0.4 is 0 Å². The second-order valence-corrected chi connectivity index (χ2v) is 4.55. The van der Waals surface area contributed by atoms with Gasteiger partial charge in [0.2, 0.25) is 0 Å². The molecule has 0 N–H and O–H groups in total. The number of rotatable bonds is 0. The first-order valence-corrected chi connectivity index (χ1v) is 4.46. The SMILES string of the molecule is C=C1C=C(C)C=C(C(C)(C)C)C1=O. The molecule has 1 heteroatoms. The van der Waals surface area contributed by atoms with Crippen LogP contribution in [0.1, 0.15) is 27.7 Å². The van der Waals surface area contributed by atoms with Crippen LogP contribution in [0.4, 0.5) is 0 Å². The lowest BCUT2D eigenvalue weighted by atomic mass is 9.78. The molecule has 0 radical (unpaired) electrons. The Kier molecular flexibility index (Phi) is 2.29. The van der Waals surface area contributed by atoms with Gasteiger partial charge < -0.3 is 0 Å². The van der Waals surface area contributed by atoms with Crippen molar-refractivity contribution in [1.82, 2.24) is 0 Å². The van der Waals surface area contributed by atoms with Crippen LogP contribution in [0.25, 0.3) is 0 Å². The average Bonchev–Trinajstić information content (AvgIpc) is 1.94. The van der Waals surface area contributed by atoms with Crippen LogP contribution in [-0.4, -0.2) is 5.78 Å². The zero-order valence-electron chi connectivity index (χ0n) is 8.77. The van der Waals surface area contributed by atoms with Gasteiger partial charge in [0.1, 0.15) is 0 Å². The van der Waals surface area contributed by atoms with Gasteiger partial charge in [0.05, 0.1) is 0 Å². The summed E-state index contributed by atoms with van der Waals surface area (Å²) in [6.45, 7) is 11.9. The van der Waals surface area contributed by atoms with E-state index in [0.29, 0.717) is 5.57 Å². The van der Waals surface area contributed by atoms with Crippen LogP contribution in [-0.2, 0) is 4.79 Å². The van der Waals surface area contributed by atoms with Crippen molar-refractivity contribution >= 4 is 5.78 Å².